The number of hydrogen-bond donors (Lipinski definition) is 2. The van der Waals surface area contributed by atoms with E-state index >= 15 is 0 Å². The highest BCUT2D eigenvalue weighted by molar-refractivity contribution is 7.89. The zero-order valence-electron chi connectivity index (χ0n) is 10.7. The Morgan fingerprint density at radius 3 is 2.78 bits per heavy atom. The number of aromatic nitrogens is 2. The molecule has 0 atom stereocenters. The fourth-order valence-corrected chi connectivity index (χ4v) is 2.88. The Kier molecular flexibility index (Phi) is 3.41. The largest absolute Gasteiger partial charge is 0.342 e. The van der Waals surface area contributed by atoms with Crippen LogP contribution in [0.4, 0.5) is 0 Å². The van der Waals surface area contributed by atoms with Gasteiger partial charge >= 0.3 is 0 Å². The van der Waals surface area contributed by atoms with Crippen LogP contribution in [-0.4, -0.2) is 24.9 Å². The average Bonchev–Trinajstić information content (AvgIpc) is 2.65. The van der Waals surface area contributed by atoms with Gasteiger partial charge in [0.2, 0.25) is 10.0 Å². The Bertz CT molecular complexity index is 659. The molecule has 0 amide bonds. The second-order valence-electron chi connectivity index (χ2n) is 4.75. The van der Waals surface area contributed by atoms with E-state index in [4.69, 9.17) is 0 Å². The Morgan fingerprint density at radius 2 is 2.11 bits per heavy atom. The Labute approximate surface area is 107 Å². The van der Waals surface area contributed by atoms with Gasteiger partial charge in [0.25, 0.3) is 0 Å². The Hall–Kier alpha value is -1.40. The molecule has 2 rings (SSSR count). The third-order valence-electron chi connectivity index (χ3n) is 2.56. The van der Waals surface area contributed by atoms with Crippen molar-refractivity contribution in [3.8, 4) is 0 Å². The summed E-state index contributed by atoms with van der Waals surface area (Å²) in [5, 5.41) is 0. The Morgan fingerprint density at radius 1 is 1.39 bits per heavy atom. The lowest BCUT2D eigenvalue weighted by Crippen LogP contribution is -2.27. The molecule has 5 nitrogen and oxygen atoms in total. The summed E-state index contributed by atoms with van der Waals surface area (Å²) in [6.07, 6.45) is 0. The lowest BCUT2D eigenvalue weighted by atomic mass is 10.2. The van der Waals surface area contributed by atoms with E-state index in [0.29, 0.717) is 6.54 Å². The molecule has 0 radical (unpaired) electrons. The SMILES string of the molecule is Cc1nc2ccc(S(=O)(=O)NCC(C)C)cc2[nH]1. The maximum atomic E-state index is 12.0. The van der Waals surface area contributed by atoms with Crippen LogP contribution in [0.25, 0.3) is 11.0 Å². The molecule has 0 aliphatic carbocycles. The Balaban J connectivity index is 2.35. The van der Waals surface area contributed by atoms with Crippen LogP contribution in [0.1, 0.15) is 19.7 Å². The number of nitrogens with zero attached hydrogens (tertiary/aromatic N) is 1. The van der Waals surface area contributed by atoms with Crippen molar-refractivity contribution in [3.05, 3.63) is 24.0 Å². The predicted molar refractivity (Wildman–Crippen MR) is 70.9 cm³/mol. The first kappa shape index (κ1) is 13.0. The molecule has 2 aromatic rings. The average molecular weight is 267 g/mol. The zero-order valence-corrected chi connectivity index (χ0v) is 11.5. The highest BCUT2D eigenvalue weighted by atomic mass is 32.2. The fraction of sp³-hybridized carbons (Fsp3) is 0.417. The molecule has 0 aliphatic heterocycles. The first-order chi connectivity index (χ1) is 8.38. The van der Waals surface area contributed by atoms with E-state index in [1.54, 1.807) is 18.2 Å². The van der Waals surface area contributed by atoms with Crippen LogP contribution in [-0.2, 0) is 10.0 Å². The minimum atomic E-state index is -3.44. The van der Waals surface area contributed by atoms with E-state index < -0.39 is 10.0 Å². The summed E-state index contributed by atoms with van der Waals surface area (Å²) < 4.78 is 26.7. The molecule has 0 bridgehead atoms. The summed E-state index contributed by atoms with van der Waals surface area (Å²) in [5.74, 6) is 1.05. The summed E-state index contributed by atoms with van der Waals surface area (Å²) in [5.41, 5.74) is 1.51. The number of H-pyrrole nitrogens is 1. The van der Waals surface area contributed by atoms with E-state index in [1.807, 2.05) is 20.8 Å². The second kappa shape index (κ2) is 4.70. The lowest BCUT2D eigenvalue weighted by molar-refractivity contribution is 0.560. The quantitative estimate of drug-likeness (QED) is 0.887. The van der Waals surface area contributed by atoms with Gasteiger partial charge in [-0.25, -0.2) is 18.1 Å². The van der Waals surface area contributed by atoms with Crippen molar-refractivity contribution >= 4 is 21.1 Å². The van der Waals surface area contributed by atoms with Crippen molar-refractivity contribution < 1.29 is 8.42 Å². The molecule has 6 heteroatoms. The molecule has 0 unspecified atom stereocenters. The molecule has 98 valence electrons. The van der Waals surface area contributed by atoms with Gasteiger partial charge in [-0.15, -0.1) is 0 Å². The van der Waals surface area contributed by atoms with Crippen LogP contribution >= 0.6 is 0 Å². The normalized spacial score (nSPS) is 12.4. The van der Waals surface area contributed by atoms with Crippen LogP contribution in [0.2, 0.25) is 0 Å². The van der Waals surface area contributed by atoms with Gasteiger partial charge in [0, 0.05) is 6.54 Å². The monoisotopic (exact) mass is 267 g/mol. The van der Waals surface area contributed by atoms with Crippen molar-refractivity contribution in [2.24, 2.45) is 5.92 Å². The number of rotatable bonds is 4. The number of hydrogen-bond acceptors (Lipinski definition) is 3. The van der Waals surface area contributed by atoms with Gasteiger partial charge in [-0.3, -0.25) is 0 Å². The van der Waals surface area contributed by atoms with Gasteiger partial charge in [0.1, 0.15) is 5.82 Å². The van der Waals surface area contributed by atoms with Crippen LogP contribution in [0.3, 0.4) is 0 Å². The van der Waals surface area contributed by atoms with Gasteiger partial charge in [-0.1, -0.05) is 13.8 Å². The summed E-state index contributed by atoms with van der Waals surface area (Å²) >= 11 is 0. The van der Waals surface area contributed by atoms with Crippen LogP contribution < -0.4 is 4.72 Å². The molecule has 2 N–H and O–H groups in total. The van der Waals surface area contributed by atoms with Crippen molar-refractivity contribution in [2.45, 2.75) is 25.7 Å². The van der Waals surface area contributed by atoms with Crippen LogP contribution in [0.5, 0.6) is 0 Å². The standard InChI is InChI=1S/C12H17N3O2S/c1-8(2)7-13-18(16,17)10-4-5-11-12(6-10)15-9(3)14-11/h4-6,8,13H,7H2,1-3H3,(H,14,15). The molecule has 1 heterocycles. The number of nitrogens with one attached hydrogen (secondary N) is 2. The number of sulfonamides is 1. The summed E-state index contributed by atoms with van der Waals surface area (Å²) in [7, 11) is -3.44. The number of benzene rings is 1. The van der Waals surface area contributed by atoms with Gasteiger partial charge in [0.05, 0.1) is 15.9 Å². The minimum Gasteiger partial charge on any atom is -0.342 e. The van der Waals surface area contributed by atoms with Gasteiger partial charge in [0.15, 0.2) is 0 Å². The van der Waals surface area contributed by atoms with E-state index in [2.05, 4.69) is 14.7 Å². The minimum absolute atomic E-state index is 0.263. The predicted octanol–water partition coefficient (Wildman–Crippen LogP) is 1.81. The van der Waals surface area contributed by atoms with E-state index in [9.17, 15) is 8.42 Å². The summed E-state index contributed by atoms with van der Waals surface area (Å²) in [4.78, 5) is 7.54. The van der Waals surface area contributed by atoms with Crippen LogP contribution in [0.15, 0.2) is 23.1 Å². The molecule has 1 aromatic carbocycles. The number of fused-ring (bicyclic) bond motifs is 1. The topological polar surface area (TPSA) is 74.8 Å². The molecule has 0 saturated heterocycles. The van der Waals surface area contributed by atoms with Gasteiger partial charge in [-0.05, 0) is 31.0 Å². The highest BCUT2D eigenvalue weighted by Gasteiger charge is 2.15. The van der Waals surface area contributed by atoms with E-state index in [0.717, 1.165) is 16.9 Å². The van der Waals surface area contributed by atoms with Crippen molar-refractivity contribution in [3.63, 3.8) is 0 Å². The fourth-order valence-electron chi connectivity index (χ4n) is 1.64. The lowest BCUT2D eigenvalue weighted by Gasteiger charge is -2.08. The second-order valence-corrected chi connectivity index (χ2v) is 6.51. The maximum Gasteiger partial charge on any atom is 0.240 e. The first-order valence-corrected chi connectivity index (χ1v) is 7.33. The number of aromatic amines is 1. The molecular weight excluding hydrogens is 250 g/mol. The molecule has 0 aliphatic rings. The third kappa shape index (κ3) is 2.70. The van der Waals surface area contributed by atoms with Gasteiger partial charge in [-0.2, -0.15) is 0 Å². The van der Waals surface area contributed by atoms with E-state index in [-0.39, 0.29) is 10.8 Å². The molecule has 18 heavy (non-hydrogen) atoms. The van der Waals surface area contributed by atoms with E-state index in [1.165, 1.54) is 0 Å². The van der Waals surface area contributed by atoms with Crippen LogP contribution in [0, 0.1) is 12.8 Å². The molecule has 0 fully saturated rings. The summed E-state index contributed by atoms with van der Waals surface area (Å²) in [6.45, 7) is 6.20. The third-order valence-corrected chi connectivity index (χ3v) is 3.98. The number of aryl methyl sites for hydroxylation is 1. The summed E-state index contributed by atoms with van der Waals surface area (Å²) in [6, 6.07) is 4.89. The molecule has 0 spiro atoms. The maximum absolute atomic E-state index is 12.0. The molecule has 1 aromatic heterocycles. The van der Waals surface area contributed by atoms with Crippen molar-refractivity contribution in [2.75, 3.05) is 6.54 Å². The molecule has 0 saturated carbocycles. The highest BCUT2D eigenvalue weighted by Crippen LogP contribution is 2.17. The zero-order chi connectivity index (χ0) is 13.3. The first-order valence-electron chi connectivity index (χ1n) is 5.84. The smallest absolute Gasteiger partial charge is 0.240 e. The number of imidazole rings is 1. The van der Waals surface area contributed by atoms with Gasteiger partial charge < -0.3 is 4.98 Å². The van der Waals surface area contributed by atoms with Crippen molar-refractivity contribution in [1.29, 1.82) is 0 Å². The molecular formula is C12H17N3O2S. The van der Waals surface area contributed by atoms with Crippen molar-refractivity contribution in [1.82, 2.24) is 14.7 Å².